The number of piperazine rings is 1. The average Bonchev–Trinajstić information content (AvgIpc) is 2.75. The van der Waals surface area contributed by atoms with Crippen LogP contribution < -0.4 is 5.32 Å². The Morgan fingerprint density at radius 2 is 2.28 bits per heavy atom. The van der Waals surface area contributed by atoms with E-state index in [4.69, 9.17) is 0 Å². The molecule has 0 aliphatic carbocycles. The van der Waals surface area contributed by atoms with Crippen molar-refractivity contribution in [2.75, 3.05) is 19.6 Å². The van der Waals surface area contributed by atoms with Gasteiger partial charge >= 0.3 is 0 Å². The lowest BCUT2D eigenvalue weighted by molar-refractivity contribution is 0.123. The number of hydrogen-bond donors (Lipinski definition) is 1. The van der Waals surface area contributed by atoms with E-state index in [1.165, 1.54) is 19.4 Å². The lowest BCUT2D eigenvalue weighted by Gasteiger charge is -2.39. The molecule has 0 aromatic carbocycles. The summed E-state index contributed by atoms with van der Waals surface area (Å²) in [6.07, 6.45) is 6.53. The molecule has 0 spiro atoms. The van der Waals surface area contributed by atoms with Gasteiger partial charge in [-0.25, -0.2) is 4.98 Å². The van der Waals surface area contributed by atoms with Crippen molar-refractivity contribution in [2.24, 2.45) is 0 Å². The summed E-state index contributed by atoms with van der Waals surface area (Å²) in [5.74, 6) is 1.12. The molecule has 4 nitrogen and oxygen atoms in total. The number of hydrogen-bond acceptors (Lipinski definition) is 3. The van der Waals surface area contributed by atoms with Crippen LogP contribution in [0.4, 0.5) is 0 Å². The predicted octanol–water partition coefficient (Wildman–Crippen LogP) is 1.65. The van der Waals surface area contributed by atoms with Crippen LogP contribution in [0.15, 0.2) is 12.4 Å². The van der Waals surface area contributed by atoms with E-state index >= 15 is 0 Å². The highest BCUT2D eigenvalue weighted by atomic mass is 15.2. The number of nitrogens with zero attached hydrogens (tertiary/aromatic N) is 3. The molecule has 1 aromatic heterocycles. The van der Waals surface area contributed by atoms with Crippen LogP contribution in [0.1, 0.15) is 32.5 Å². The molecule has 1 aliphatic rings. The molecule has 1 fully saturated rings. The summed E-state index contributed by atoms with van der Waals surface area (Å²) in [7, 11) is 0. The number of nitrogens with one attached hydrogen (secondary N) is 1. The van der Waals surface area contributed by atoms with Crippen LogP contribution in [0.25, 0.3) is 0 Å². The van der Waals surface area contributed by atoms with Crippen LogP contribution in [-0.2, 0) is 6.54 Å². The Labute approximate surface area is 110 Å². The number of aromatic nitrogens is 2. The van der Waals surface area contributed by atoms with Crippen molar-refractivity contribution in [3.05, 3.63) is 18.2 Å². The number of imidazole rings is 1. The molecule has 4 heteroatoms. The molecule has 0 bridgehead atoms. The standard InChI is InChI=1S/C14H26N4/c1-4-5-14-10-16-12(2)11-18(14)9-8-17-7-6-15-13(17)3/h6-7,12,14,16H,4-5,8-11H2,1-3H3. The van der Waals surface area contributed by atoms with Crippen molar-refractivity contribution in [1.82, 2.24) is 19.8 Å². The van der Waals surface area contributed by atoms with Crippen molar-refractivity contribution >= 4 is 0 Å². The summed E-state index contributed by atoms with van der Waals surface area (Å²) < 4.78 is 2.25. The average molecular weight is 250 g/mol. The second-order valence-electron chi connectivity index (χ2n) is 5.41. The summed E-state index contributed by atoms with van der Waals surface area (Å²) in [4.78, 5) is 6.93. The van der Waals surface area contributed by atoms with Crippen LogP contribution in [0.2, 0.25) is 0 Å². The molecule has 1 saturated heterocycles. The van der Waals surface area contributed by atoms with Crippen LogP contribution in [0.3, 0.4) is 0 Å². The monoisotopic (exact) mass is 250 g/mol. The van der Waals surface area contributed by atoms with Crippen LogP contribution >= 0.6 is 0 Å². The molecule has 2 heterocycles. The van der Waals surface area contributed by atoms with E-state index in [0.29, 0.717) is 12.1 Å². The third-order valence-corrected chi connectivity index (χ3v) is 3.90. The Balaban J connectivity index is 1.90. The van der Waals surface area contributed by atoms with Gasteiger partial charge in [0.25, 0.3) is 0 Å². The van der Waals surface area contributed by atoms with Gasteiger partial charge in [0.15, 0.2) is 0 Å². The summed E-state index contributed by atoms with van der Waals surface area (Å²) in [5.41, 5.74) is 0. The Hall–Kier alpha value is -0.870. The van der Waals surface area contributed by atoms with E-state index < -0.39 is 0 Å². The molecule has 0 saturated carbocycles. The Kier molecular flexibility index (Phi) is 4.78. The summed E-state index contributed by atoms with van der Waals surface area (Å²) in [6, 6.07) is 1.32. The maximum Gasteiger partial charge on any atom is 0.105 e. The lowest BCUT2D eigenvalue weighted by Crippen LogP contribution is -2.55. The maximum atomic E-state index is 4.28. The highest BCUT2D eigenvalue weighted by Crippen LogP contribution is 2.12. The molecule has 1 aliphatic heterocycles. The van der Waals surface area contributed by atoms with Crippen LogP contribution in [0.5, 0.6) is 0 Å². The van der Waals surface area contributed by atoms with Crippen LogP contribution in [0, 0.1) is 6.92 Å². The van der Waals surface area contributed by atoms with Crippen LogP contribution in [-0.4, -0.2) is 46.2 Å². The van der Waals surface area contributed by atoms with E-state index in [-0.39, 0.29) is 0 Å². The minimum Gasteiger partial charge on any atom is -0.334 e. The molecule has 2 rings (SSSR count). The lowest BCUT2D eigenvalue weighted by atomic mass is 10.1. The SMILES string of the molecule is CCCC1CNC(C)CN1CCn1ccnc1C. The summed E-state index contributed by atoms with van der Waals surface area (Å²) in [6.45, 7) is 11.1. The predicted molar refractivity (Wildman–Crippen MR) is 74.7 cm³/mol. The van der Waals surface area contributed by atoms with E-state index in [1.54, 1.807) is 0 Å². The van der Waals surface area contributed by atoms with Gasteiger partial charge in [-0.3, -0.25) is 4.90 Å². The van der Waals surface area contributed by atoms with Gasteiger partial charge in [-0.15, -0.1) is 0 Å². The zero-order chi connectivity index (χ0) is 13.0. The van der Waals surface area contributed by atoms with Gasteiger partial charge in [0.05, 0.1) is 0 Å². The zero-order valence-electron chi connectivity index (χ0n) is 11.9. The van der Waals surface area contributed by atoms with Crippen molar-refractivity contribution in [3.8, 4) is 0 Å². The van der Waals surface area contributed by atoms with E-state index in [9.17, 15) is 0 Å². The Morgan fingerprint density at radius 1 is 1.44 bits per heavy atom. The van der Waals surface area contributed by atoms with Gasteiger partial charge in [0.2, 0.25) is 0 Å². The van der Waals surface area contributed by atoms with Gasteiger partial charge in [-0.2, -0.15) is 0 Å². The summed E-state index contributed by atoms with van der Waals surface area (Å²) >= 11 is 0. The Morgan fingerprint density at radius 3 is 2.94 bits per heavy atom. The van der Waals surface area contributed by atoms with Gasteiger partial charge in [-0.05, 0) is 20.3 Å². The molecular weight excluding hydrogens is 224 g/mol. The minimum absolute atomic E-state index is 0.613. The third-order valence-electron chi connectivity index (χ3n) is 3.90. The third kappa shape index (κ3) is 3.33. The zero-order valence-corrected chi connectivity index (χ0v) is 11.9. The highest BCUT2D eigenvalue weighted by molar-refractivity contribution is 4.90. The molecule has 18 heavy (non-hydrogen) atoms. The largest absolute Gasteiger partial charge is 0.334 e. The second kappa shape index (κ2) is 6.34. The normalized spacial score (nSPS) is 25.5. The first-order chi connectivity index (χ1) is 8.70. The first kappa shape index (κ1) is 13.6. The molecule has 0 radical (unpaired) electrons. The van der Waals surface area contributed by atoms with E-state index in [2.05, 4.69) is 46.7 Å². The quantitative estimate of drug-likeness (QED) is 0.862. The summed E-state index contributed by atoms with van der Waals surface area (Å²) in [5, 5.41) is 3.59. The fourth-order valence-electron chi connectivity index (χ4n) is 2.80. The topological polar surface area (TPSA) is 33.1 Å². The molecule has 2 unspecified atom stereocenters. The van der Waals surface area contributed by atoms with Crippen molar-refractivity contribution in [2.45, 2.75) is 52.2 Å². The smallest absolute Gasteiger partial charge is 0.105 e. The van der Waals surface area contributed by atoms with Crippen molar-refractivity contribution < 1.29 is 0 Å². The molecule has 1 aromatic rings. The fraction of sp³-hybridized carbons (Fsp3) is 0.786. The fourth-order valence-corrected chi connectivity index (χ4v) is 2.80. The maximum absolute atomic E-state index is 4.28. The number of rotatable bonds is 5. The van der Waals surface area contributed by atoms with E-state index in [1.807, 2.05) is 6.20 Å². The second-order valence-corrected chi connectivity index (χ2v) is 5.41. The van der Waals surface area contributed by atoms with Gasteiger partial charge in [0, 0.05) is 50.7 Å². The van der Waals surface area contributed by atoms with Gasteiger partial charge < -0.3 is 9.88 Å². The van der Waals surface area contributed by atoms with E-state index in [0.717, 1.165) is 25.5 Å². The van der Waals surface area contributed by atoms with Gasteiger partial charge in [-0.1, -0.05) is 13.3 Å². The molecule has 0 amide bonds. The van der Waals surface area contributed by atoms with Gasteiger partial charge in [0.1, 0.15) is 5.82 Å². The van der Waals surface area contributed by atoms with Crippen molar-refractivity contribution in [1.29, 1.82) is 0 Å². The first-order valence-corrected chi connectivity index (χ1v) is 7.16. The number of aryl methyl sites for hydroxylation is 1. The first-order valence-electron chi connectivity index (χ1n) is 7.16. The highest BCUT2D eigenvalue weighted by Gasteiger charge is 2.24. The van der Waals surface area contributed by atoms with Crippen molar-refractivity contribution in [3.63, 3.8) is 0 Å². The molecule has 1 N–H and O–H groups in total. The minimum atomic E-state index is 0.613. The molecule has 102 valence electrons. The Bertz CT molecular complexity index is 360. The molecular formula is C14H26N4. The molecule has 2 atom stereocenters.